The van der Waals surface area contributed by atoms with Crippen molar-refractivity contribution in [2.45, 2.75) is 0 Å². The van der Waals surface area contributed by atoms with Crippen molar-refractivity contribution < 1.29 is 4.79 Å². The van der Waals surface area contributed by atoms with E-state index in [1.54, 1.807) is 23.1 Å². The van der Waals surface area contributed by atoms with Crippen LogP contribution < -0.4 is 4.90 Å². The van der Waals surface area contributed by atoms with E-state index in [1.165, 1.54) is 0 Å². The number of hydrogen-bond acceptors (Lipinski definition) is 4. The Morgan fingerprint density at radius 3 is 2.28 bits per heavy atom. The summed E-state index contributed by atoms with van der Waals surface area (Å²) in [6, 6.07) is 16.3. The second kappa shape index (κ2) is 8.57. The second-order valence-electron chi connectivity index (χ2n) is 6.66. The summed E-state index contributed by atoms with van der Waals surface area (Å²) in [5, 5.41) is 10.2. The van der Waals surface area contributed by atoms with Crippen LogP contribution in [0.4, 0.5) is 5.82 Å². The summed E-state index contributed by atoms with van der Waals surface area (Å²) < 4.78 is 0. The molecule has 0 radical (unpaired) electrons. The van der Waals surface area contributed by atoms with Gasteiger partial charge in [0.15, 0.2) is 5.82 Å². The maximum Gasteiger partial charge on any atom is 0.255 e. The minimum absolute atomic E-state index is 0.114. The number of piperazine rings is 1. The smallest absolute Gasteiger partial charge is 0.255 e. The van der Waals surface area contributed by atoms with Crippen molar-refractivity contribution in [1.82, 2.24) is 15.1 Å². The molecule has 29 heavy (non-hydrogen) atoms. The van der Waals surface area contributed by atoms with Crippen LogP contribution in [0, 0.1) is 0 Å². The van der Waals surface area contributed by atoms with Gasteiger partial charge in [0.2, 0.25) is 0 Å². The standard InChI is InChI=1S/C21H17Cl3N4O/c22-14-5-6-18(24)16(13-14)21(29)28-11-9-27(10-12-28)20-8-7-19(25-26-20)15-3-1-2-4-17(15)23/h1-8,13H,9-12H2. The molecule has 8 heteroatoms. The lowest BCUT2D eigenvalue weighted by atomic mass is 10.1. The Morgan fingerprint density at radius 1 is 0.828 bits per heavy atom. The normalized spacial score (nSPS) is 14.2. The van der Waals surface area contributed by atoms with Crippen molar-refractivity contribution in [3.05, 3.63) is 75.2 Å². The average molecular weight is 448 g/mol. The van der Waals surface area contributed by atoms with Crippen LogP contribution in [0.25, 0.3) is 11.3 Å². The van der Waals surface area contributed by atoms with E-state index in [2.05, 4.69) is 15.1 Å². The Morgan fingerprint density at radius 2 is 1.59 bits per heavy atom. The van der Waals surface area contributed by atoms with Crippen molar-refractivity contribution in [1.29, 1.82) is 0 Å². The van der Waals surface area contributed by atoms with Gasteiger partial charge in [-0.2, -0.15) is 0 Å². The first-order valence-corrected chi connectivity index (χ1v) is 10.2. The van der Waals surface area contributed by atoms with Crippen LogP contribution >= 0.6 is 34.8 Å². The highest BCUT2D eigenvalue weighted by molar-refractivity contribution is 6.35. The molecule has 1 aromatic heterocycles. The number of aromatic nitrogens is 2. The van der Waals surface area contributed by atoms with Crippen LogP contribution in [-0.2, 0) is 0 Å². The molecule has 1 saturated heterocycles. The number of benzene rings is 2. The zero-order valence-corrected chi connectivity index (χ0v) is 17.6. The molecule has 5 nitrogen and oxygen atoms in total. The summed E-state index contributed by atoms with van der Waals surface area (Å²) in [5.74, 6) is 0.658. The highest BCUT2D eigenvalue weighted by Gasteiger charge is 2.24. The highest BCUT2D eigenvalue weighted by Crippen LogP contribution is 2.27. The summed E-state index contributed by atoms with van der Waals surface area (Å²) in [5.41, 5.74) is 2.00. The van der Waals surface area contributed by atoms with Crippen molar-refractivity contribution in [2.24, 2.45) is 0 Å². The molecule has 1 fully saturated rings. The minimum Gasteiger partial charge on any atom is -0.352 e. The number of nitrogens with zero attached hydrogens (tertiary/aromatic N) is 4. The van der Waals surface area contributed by atoms with Gasteiger partial charge in [0.1, 0.15) is 0 Å². The van der Waals surface area contributed by atoms with E-state index in [4.69, 9.17) is 34.8 Å². The van der Waals surface area contributed by atoms with Crippen LogP contribution in [0.3, 0.4) is 0 Å². The molecule has 1 amide bonds. The maximum absolute atomic E-state index is 12.8. The van der Waals surface area contributed by atoms with Crippen molar-refractivity contribution in [3.63, 3.8) is 0 Å². The Bertz CT molecular complexity index is 1030. The van der Waals surface area contributed by atoms with Gasteiger partial charge in [-0.15, -0.1) is 10.2 Å². The van der Waals surface area contributed by atoms with Crippen LogP contribution in [0.2, 0.25) is 15.1 Å². The van der Waals surface area contributed by atoms with Crippen LogP contribution in [0.15, 0.2) is 54.6 Å². The maximum atomic E-state index is 12.8. The van der Waals surface area contributed by atoms with E-state index >= 15 is 0 Å². The average Bonchev–Trinajstić information content (AvgIpc) is 2.76. The molecular formula is C21H17Cl3N4O. The summed E-state index contributed by atoms with van der Waals surface area (Å²) in [4.78, 5) is 16.7. The second-order valence-corrected chi connectivity index (χ2v) is 7.91. The van der Waals surface area contributed by atoms with Gasteiger partial charge in [0.05, 0.1) is 21.3 Å². The first kappa shape index (κ1) is 20.0. The van der Waals surface area contributed by atoms with E-state index in [0.717, 1.165) is 17.1 Å². The molecule has 0 N–H and O–H groups in total. The molecule has 2 heterocycles. The van der Waals surface area contributed by atoms with Gasteiger partial charge in [0, 0.05) is 36.8 Å². The van der Waals surface area contributed by atoms with Gasteiger partial charge in [-0.1, -0.05) is 53.0 Å². The fraction of sp³-hybridized carbons (Fsp3) is 0.190. The molecule has 0 unspecified atom stereocenters. The Kier molecular flexibility index (Phi) is 5.90. The number of anilines is 1. The number of amides is 1. The summed E-state index contributed by atoms with van der Waals surface area (Å²) >= 11 is 18.4. The lowest BCUT2D eigenvalue weighted by Crippen LogP contribution is -2.49. The molecule has 3 aromatic rings. The summed E-state index contributed by atoms with van der Waals surface area (Å²) in [6.45, 7) is 2.44. The zero-order chi connectivity index (χ0) is 20.4. The monoisotopic (exact) mass is 446 g/mol. The first-order chi connectivity index (χ1) is 14.0. The number of halogens is 3. The number of hydrogen-bond donors (Lipinski definition) is 0. The Balaban J connectivity index is 1.43. The van der Waals surface area contributed by atoms with Gasteiger partial charge in [-0.25, -0.2) is 0 Å². The number of carbonyl (C=O) groups excluding carboxylic acids is 1. The topological polar surface area (TPSA) is 49.3 Å². The third kappa shape index (κ3) is 4.32. The molecule has 1 aliphatic rings. The molecule has 0 saturated carbocycles. The Hall–Kier alpha value is -2.34. The van der Waals surface area contributed by atoms with Gasteiger partial charge in [0.25, 0.3) is 5.91 Å². The summed E-state index contributed by atoms with van der Waals surface area (Å²) in [7, 11) is 0. The van der Waals surface area contributed by atoms with E-state index in [9.17, 15) is 4.79 Å². The molecule has 0 atom stereocenters. The van der Waals surface area contributed by atoms with Crippen molar-refractivity contribution >= 4 is 46.5 Å². The molecule has 4 rings (SSSR count). The minimum atomic E-state index is -0.114. The van der Waals surface area contributed by atoms with Gasteiger partial charge >= 0.3 is 0 Å². The van der Waals surface area contributed by atoms with E-state index in [1.807, 2.05) is 36.4 Å². The van der Waals surface area contributed by atoms with Crippen molar-refractivity contribution in [3.8, 4) is 11.3 Å². The van der Waals surface area contributed by atoms with Gasteiger partial charge in [-0.3, -0.25) is 4.79 Å². The van der Waals surface area contributed by atoms with Gasteiger partial charge < -0.3 is 9.80 Å². The number of carbonyl (C=O) groups is 1. The van der Waals surface area contributed by atoms with E-state index < -0.39 is 0 Å². The van der Waals surface area contributed by atoms with Crippen LogP contribution in [0.1, 0.15) is 10.4 Å². The molecular weight excluding hydrogens is 431 g/mol. The SMILES string of the molecule is O=C(c1cc(Cl)ccc1Cl)N1CCN(c2ccc(-c3ccccc3Cl)nn2)CC1. The fourth-order valence-corrected chi connectivity index (χ4v) is 3.88. The molecule has 0 bridgehead atoms. The molecule has 0 spiro atoms. The van der Waals surface area contributed by atoms with Crippen molar-refractivity contribution in [2.75, 3.05) is 31.1 Å². The van der Waals surface area contributed by atoms with Gasteiger partial charge in [-0.05, 0) is 36.4 Å². The quantitative estimate of drug-likeness (QED) is 0.563. The third-order valence-electron chi connectivity index (χ3n) is 4.85. The van der Waals surface area contributed by atoms with Crippen LogP contribution in [-0.4, -0.2) is 47.2 Å². The fourth-order valence-electron chi connectivity index (χ4n) is 3.28. The van der Waals surface area contributed by atoms with E-state index in [-0.39, 0.29) is 5.91 Å². The highest BCUT2D eigenvalue weighted by atomic mass is 35.5. The zero-order valence-electron chi connectivity index (χ0n) is 15.4. The largest absolute Gasteiger partial charge is 0.352 e. The lowest BCUT2D eigenvalue weighted by Gasteiger charge is -2.35. The molecule has 148 valence electrons. The first-order valence-electron chi connectivity index (χ1n) is 9.11. The predicted octanol–water partition coefficient (Wildman–Crippen LogP) is 5.07. The molecule has 0 aliphatic carbocycles. The molecule has 2 aromatic carbocycles. The predicted molar refractivity (Wildman–Crippen MR) is 117 cm³/mol. The van der Waals surface area contributed by atoms with E-state index in [0.29, 0.717) is 46.8 Å². The lowest BCUT2D eigenvalue weighted by molar-refractivity contribution is 0.0746. The molecule has 1 aliphatic heterocycles. The van der Waals surface area contributed by atoms with Crippen LogP contribution in [0.5, 0.6) is 0 Å². The summed E-state index contributed by atoms with van der Waals surface area (Å²) in [6.07, 6.45) is 0. The third-order valence-corrected chi connectivity index (χ3v) is 5.74. The number of rotatable bonds is 3. The Labute approximate surface area is 183 Å².